The molecule has 2 aromatic rings. The largest absolute Gasteiger partial charge is 0.397 e. The maximum absolute atomic E-state index is 6.09. The van der Waals surface area contributed by atoms with Crippen LogP contribution in [-0.2, 0) is 0 Å². The zero-order chi connectivity index (χ0) is 12.4. The maximum Gasteiger partial charge on any atom is 0.0647 e. The van der Waals surface area contributed by atoms with Crippen LogP contribution in [0.15, 0.2) is 36.4 Å². The summed E-state index contributed by atoms with van der Waals surface area (Å²) in [6.45, 7) is 1.98. The van der Waals surface area contributed by atoms with Crippen LogP contribution < -0.4 is 11.1 Å². The fourth-order valence-electron chi connectivity index (χ4n) is 1.59. The first-order valence-electron chi connectivity index (χ1n) is 5.15. The molecule has 2 nitrogen and oxygen atoms in total. The number of nitrogens with one attached hydrogen (secondary N) is 1. The van der Waals surface area contributed by atoms with Gasteiger partial charge >= 0.3 is 0 Å². The lowest BCUT2D eigenvalue weighted by Gasteiger charge is -2.13. The first-order valence-corrected chi connectivity index (χ1v) is 5.90. The second kappa shape index (κ2) is 4.86. The van der Waals surface area contributed by atoms with E-state index in [0.717, 1.165) is 16.9 Å². The van der Waals surface area contributed by atoms with Gasteiger partial charge in [0.15, 0.2) is 0 Å². The van der Waals surface area contributed by atoms with E-state index in [1.54, 1.807) is 18.2 Å². The number of anilines is 3. The fraction of sp³-hybridized carbons (Fsp3) is 0.0769. The smallest absolute Gasteiger partial charge is 0.0647 e. The molecule has 0 saturated heterocycles. The van der Waals surface area contributed by atoms with Crippen molar-refractivity contribution in [3.8, 4) is 0 Å². The summed E-state index contributed by atoms with van der Waals surface area (Å²) in [5, 5.41) is 4.45. The van der Waals surface area contributed by atoms with Crippen LogP contribution >= 0.6 is 23.2 Å². The van der Waals surface area contributed by atoms with Gasteiger partial charge in [-0.1, -0.05) is 35.3 Å². The molecule has 88 valence electrons. The minimum Gasteiger partial charge on any atom is -0.397 e. The molecule has 0 amide bonds. The third-order valence-corrected chi connectivity index (χ3v) is 3.06. The maximum atomic E-state index is 6.09. The minimum absolute atomic E-state index is 0.608. The van der Waals surface area contributed by atoms with E-state index in [9.17, 15) is 0 Å². The van der Waals surface area contributed by atoms with Gasteiger partial charge in [-0.05, 0) is 36.8 Å². The van der Waals surface area contributed by atoms with Gasteiger partial charge < -0.3 is 11.1 Å². The molecule has 0 aliphatic carbocycles. The summed E-state index contributed by atoms with van der Waals surface area (Å²) in [4.78, 5) is 0. The van der Waals surface area contributed by atoms with Gasteiger partial charge in [0.25, 0.3) is 0 Å². The summed E-state index contributed by atoms with van der Waals surface area (Å²) in [6, 6.07) is 11.0. The van der Waals surface area contributed by atoms with Crippen LogP contribution in [0.5, 0.6) is 0 Å². The molecular formula is C13H12Cl2N2. The Morgan fingerprint density at radius 2 is 1.88 bits per heavy atom. The summed E-state index contributed by atoms with van der Waals surface area (Å²) in [7, 11) is 0. The molecule has 17 heavy (non-hydrogen) atoms. The van der Waals surface area contributed by atoms with Crippen LogP contribution in [-0.4, -0.2) is 0 Å². The number of aryl methyl sites for hydroxylation is 1. The Morgan fingerprint density at radius 3 is 2.59 bits per heavy atom. The highest BCUT2D eigenvalue weighted by Gasteiger charge is 2.06. The molecule has 0 spiro atoms. The first-order chi connectivity index (χ1) is 8.08. The summed E-state index contributed by atoms with van der Waals surface area (Å²) in [6.07, 6.45) is 0. The molecule has 2 aromatic carbocycles. The lowest BCUT2D eigenvalue weighted by Crippen LogP contribution is -1.99. The van der Waals surface area contributed by atoms with Crippen molar-refractivity contribution in [2.24, 2.45) is 0 Å². The van der Waals surface area contributed by atoms with Gasteiger partial charge in [-0.15, -0.1) is 0 Å². The molecule has 0 aromatic heterocycles. The predicted molar refractivity (Wildman–Crippen MR) is 75.3 cm³/mol. The van der Waals surface area contributed by atoms with Gasteiger partial charge in [0.1, 0.15) is 0 Å². The SMILES string of the molecule is Cc1cccc(N)c1Nc1cc(Cl)ccc1Cl. The number of nitrogen functional groups attached to an aromatic ring is 1. The number of benzene rings is 2. The number of halogens is 2. The van der Waals surface area contributed by atoms with Crippen LogP contribution in [0.4, 0.5) is 17.1 Å². The monoisotopic (exact) mass is 266 g/mol. The van der Waals surface area contributed by atoms with Crippen LogP contribution in [0.3, 0.4) is 0 Å². The molecule has 0 unspecified atom stereocenters. The highest BCUT2D eigenvalue weighted by atomic mass is 35.5. The third kappa shape index (κ3) is 2.65. The number of hydrogen-bond donors (Lipinski definition) is 2. The van der Waals surface area contributed by atoms with E-state index in [0.29, 0.717) is 15.7 Å². The van der Waals surface area contributed by atoms with Crippen LogP contribution in [0, 0.1) is 6.92 Å². The Balaban J connectivity index is 2.41. The predicted octanol–water partition coefficient (Wildman–Crippen LogP) is 4.63. The average molecular weight is 267 g/mol. The lowest BCUT2D eigenvalue weighted by molar-refractivity contribution is 1.43. The van der Waals surface area contributed by atoms with Gasteiger partial charge in [-0.3, -0.25) is 0 Å². The van der Waals surface area contributed by atoms with Crippen molar-refractivity contribution in [1.29, 1.82) is 0 Å². The molecule has 0 heterocycles. The second-order valence-corrected chi connectivity index (χ2v) is 4.63. The standard InChI is InChI=1S/C13H12Cl2N2/c1-8-3-2-4-11(16)13(8)17-12-7-9(14)5-6-10(12)15/h2-7,17H,16H2,1H3. The normalized spacial score (nSPS) is 10.3. The van der Waals surface area contributed by atoms with Crippen LogP contribution in [0.25, 0.3) is 0 Å². The van der Waals surface area contributed by atoms with E-state index in [2.05, 4.69) is 5.32 Å². The van der Waals surface area contributed by atoms with Crippen molar-refractivity contribution in [3.05, 3.63) is 52.0 Å². The molecule has 3 N–H and O–H groups in total. The summed E-state index contributed by atoms with van der Waals surface area (Å²) >= 11 is 12.0. The highest BCUT2D eigenvalue weighted by Crippen LogP contribution is 2.32. The van der Waals surface area contributed by atoms with Crippen molar-refractivity contribution in [3.63, 3.8) is 0 Å². The highest BCUT2D eigenvalue weighted by molar-refractivity contribution is 6.35. The molecule has 0 fully saturated rings. The summed E-state index contributed by atoms with van der Waals surface area (Å²) < 4.78 is 0. The van der Waals surface area contributed by atoms with E-state index >= 15 is 0 Å². The van der Waals surface area contributed by atoms with Crippen molar-refractivity contribution in [1.82, 2.24) is 0 Å². The average Bonchev–Trinajstić information content (AvgIpc) is 2.28. The molecule has 0 saturated carbocycles. The molecule has 2 rings (SSSR count). The molecule has 0 aliphatic rings. The second-order valence-electron chi connectivity index (χ2n) is 3.79. The van der Waals surface area contributed by atoms with E-state index in [1.165, 1.54) is 0 Å². The van der Waals surface area contributed by atoms with Gasteiger partial charge in [-0.25, -0.2) is 0 Å². The zero-order valence-corrected chi connectivity index (χ0v) is 10.8. The van der Waals surface area contributed by atoms with Gasteiger partial charge in [0.05, 0.1) is 22.1 Å². The summed E-state index contributed by atoms with van der Waals surface area (Å²) in [5.41, 5.74) is 9.27. The van der Waals surface area contributed by atoms with E-state index < -0.39 is 0 Å². The van der Waals surface area contributed by atoms with Crippen molar-refractivity contribution in [2.45, 2.75) is 6.92 Å². The zero-order valence-electron chi connectivity index (χ0n) is 9.30. The van der Waals surface area contributed by atoms with Crippen molar-refractivity contribution >= 4 is 40.3 Å². The Bertz CT molecular complexity index is 533. The van der Waals surface area contributed by atoms with Crippen molar-refractivity contribution in [2.75, 3.05) is 11.1 Å². The Hall–Kier alpha value is -1.38. The molecule has 0 atom stereocenters. The molecular weight excluding hydrogens is 255 g/mol. The molecule has 4 heteroatoms. The van der Waals surface area contributed by atoms with Gasteiger partial charge in [0.2, 0.25) is 0 Å². The number of para-hydroxylation sites is 1. The summed E-state index contributed by atoms with van der Waals surface area (Å²) in [5.74, 6) is 0. The Morgan fingerprint density at radius 1 is 1.12 bits per heavy atom. The number of rotatable bonds is 2. The topological polar surface area (TPSA) is 38.0 Å². The van der Waals surface area contributed by atoms with Crippen molar-refractivity contribution < 1.29 is 0 Å². The quantitative estimate of drug-likeness (QED) is 0.778. The van der Waals surface area contributed by atoms with Gasteiger partial charge in [0, 0.05) is 5.02 Å². The molecule has 0 bridgehead atoms. The molecule has 0 aliphatic heterocycles. The Kier molecular flexibility index (Phi) is 3.46. The first kappa shape index (κ1) is 12.1. The van der Waals surface area contributed by atoms with E-state index in [1.807, 2.05) is 25.1 Å². The molecule has 0 radical (unpaired) electrons. The third-order valence-electron chi connectivity index (χ3n) is 2.49. The van der Waals surface area contributed by atoms with Gasteiger partial charge in [-0.2, -0.15) is 0 Å². The number of hydrogen-bond acceptors (Lipinski definition) is 2. The van der Waals surface area contributed by atoms with E-state index in [4.69, 9.17) is 28.9 Å². The van der Waals surface area contributed by atoms with E-state index in [-0.39, 0.29) is 0 Å². The number of nitrogens with two attached hydrogens (primary N) is 1. The van der Waals surface area contributed by atoms with Crippen LogP contribution in [0.2, 0.25) is 10.0 Å². The minimum atomic E-state index is 0.608. The van der Waals surface area contributed by atoms with Crippen LogP contribution in [0.1, 0.15) is 5.56 Å². The fourth-order valence-corrected chi connectivity index (χ4v) is 1.93. The Labute approximate surface area is 110 Å². The lowest BCUT2D eigenvalue weighted by atomic mass is 10.1.